The lowest BCUT2D eigenvalue weighted by atomic mass is 10.0. The molecule has 1 amide bonds. The van der Waals surface area contributed by atoms with Gasteiger partial charge in [-0.3, -0.25) is 9.59 Å². The molecule has 5 heteroatoms. The number of carbonyl (C=O) groups is 2. The van der Waals surface area contributed by atoms with E-state index in [-0.39, 0.29) is 18.4 Å². The Morgan fingerprint density at radius 2 is 1.77 bits per heavy atom. The van der Waals surface area contributed by atoms with E-state index < -0.39 is 12.1 Å². The van der Waals surface area contributed by atoms with Crippen molar-refractivity contribution in [1.29, 1.82) is 0 Å². The molecule has 3 aromatic rings. The first-order valence-corrected chi connectivity index (χ1v) is 10.3. The minimum absolute atomic E-state index is 0.0112. The summed E-state index contributed by atoms with van der Waals surface area (Å²) >= 11 is 0. The van der Waals surface area contributed by atoms with Crippen LogP contribution >= 0.6 is 0 Å². The number of rotatable bonds is 8. The second-order valence-electron chi connectivity index (χ2n) is 7.94. The molecule has 0 radical (unpaired) electrons. The molecule has 30 heavy (non-hydrogen) atoms. The van der Waals surface area contributed by atoms with Gasteiger partial charge in [0.15, 0.2) is 6.10 Å². The molecule has 1 N–H and O–H groups in total. The largest absolute Gasteiger partial charge is 0.464 e. The quantitative estimate of drug-likeness (QED) is 0.552. The zero-order valence-electron chi connectivity index (χ0n) is 18.0. The van der Waals surface area contributed by atoms with Gasteiger partial charge in [-0.2, -0.15) is 0 Å². The van der Waals surface area contributed by atoms with Crippen LogP contribution in [0.15, 0.2) is 53.1 Å². The average Bonchev–Trinajstić information content (AvgIpc) is 3.08. The number of esters is 1. The van der Waals surface area contributed by atoms with Gasteiger partial charge in [0.1, 0.15) is 5.58 Å². The highest BCUT2D eigenvalue weighted by atomic mass is 16.5. The second-order valence-corrected chi connectivity index (χ2v) is 7.94. The summed E-state index contributed by atoms with van der Waals surface area (Å²) in [5, 5.41) is 3.83. The number of benzene rings is 2. The van der Waals surface area contributed by atoms with Crippen LogP contribution < -0.4 is 5.32 Å². The van der Waals surface area contributed by atoms with E-state index >= 15 is 0 Å². The third kappa shape index (κ3) is 5.50. The van der Waals surface area contributed by atoms with Crippen molar-refractivity contribution >= 4 is 22.8 Å². The summed E-state index contributed by atoms with van der Waals surface area (Å²) in [4.78, 5) is 24.8. The number of amides is 1. The molecule has 0 saturated heterocycles. The number of aryl methyl sites for hydroxylation is 3. The second kappa shape index (κ2) is 9.61. The van der Waals surface area contributed by atoms with Crippen molar-refractivity contribution in [1.82, 2.24) is 5.32 Å². The Labute approximate surface area is 177 Å². The normalized spacial score (nSPS) is 13.1. The number of furan rings is 1. The average molecular weight is 408 g/mol. The van der Waals surface area contributed by atoms with E-state index in [4.69, 9.17) is 9.15 Å². The first kappa shape index (κ1) is 21.6. The molecule has 3 rings (SSSR count). The van der Waals surface area contributed by atoms with Crippen molar-refractivity contribution in [3.8, 4) is 0 Å². The fraction of sp³-hybridized carbons (Fsp3) is 0.360. The molecule has 0 aliphatic rings. The van der Waals surface area contributed by atoms with E-state index in [1.54, 1.807) is 13.2 Å². The smallest absolute Gasteiger partial charge is 0.311 e. The molecule has 1 aromatic heterocycles. The van der Waals surface area contributed by atoms with Crippen molar-refractivity contribution < 1.29 is 18.7 Å². The van der Waals surface area contributed by atoms with Gasteiger partial charge in [0.05, 0.1) is 12.7 Å². The van der Waals surface area contributed by atoms with Crippen LogP contribution in [0.25, 0.3) is 11.0 Å². The molecular weight excluding hydrogens is 378 g/mol. The molecular formula is C25H29NO4. The van der Waals surface area contributed by atoms with Crippen molar-refractivity contribution in [3.05, 3.63) is 71.0 Å². The number of fused-ring (bicyclic) bond motifs is 1. The van der Waals surface area contributed by atoms with E-state index in [9.17, 15) is 9.59 Å². The van der Waals surface area contributed by atoms with Gasteiger partial charge in [0.25, 0.3) is 5.91 Å². The molecule has 2 aromatic carbocycles. The minimum atomic E-state index is -0.848. The predicted octanol–water partition coefficient (Wildman–Crippen LogP) is 4.66. The summed E-state index contributed by atoms with van der Waals surface area (Å²) in [7, 11) is 0. The molecule has 0 unspecified atom stereocenters. The lowest BCUT2D eigenvalue weighted by Gasteiger charge is -2.18. The van der Waals surface area contributed by atoms with Crippen molar-refractivity contribution in [2.45, 2.75) is 59.1 Å². The SMILES string of the molecule is Cc1cc2occ(CC(=O)O[C@H](C)C(=O)N[C@@H](C)CCc3ccccc3)c2cc1C. The van der Waals surface area contributed by atoms with E-state index in [0.717, 1.165) is 40.5 Å². The monoisotopic (exact) mass is 407 g/mol. The molecule has 0 bridgehead atoms. The van der Waals surface area contributed by atoms with Crippen LogP contribution in [-0.2, 0) is 27.2 Å². The fourth-order valence-electron chi connectivity index (χ4n) is 3.38. The Kier molecular flexibility index (Phi) is 6.93. The molecule has 5 nitrogen and oxygen atoms in total. The Balaban J connectivity index is 1.50. The predicted molar refractivity (Wildman–Crippen MR) is 117 cm³/mol. The van der Waals surface area contributed by atoms with E-state index in [2.05, 4.69) is 17.4 Å². The first-order chi connectivity index (χ1) is 14.3. The maximum atomic E-state index is 12.4. The van der Waals surface area contributed by atoms with Gasteiger partial charge in [-0.05, 0) is 69.4 Å². The lowest BCUT2D eigenvalue weighted by Crippen LogP contribution is -2.41. The van der Waals surface area contributed by atoms with Gasteiger partial charge in [-0.25, -0.2) is 0 Å². The Morgan fingerprint density at radius 1 is 1.07 bits per heavy atom. The van der Waals surface area contributed by atoms with Crippen molar-refractivity contribution in [3.63, 3.8) is 0 Å². The van der Waals surface area contributed by atoms with Crippen LogP contribution in [-0.4, -0.2) is 24.0 Å². The molecule has 0 spiro atoms. The highest BCUT2D eigenvalue weighted by Crippen LogP contribution is 2.25. The fourth-order valence-corrected chi connectivity index (χ4v) is 3.38. The maximum absolute atomic E-state index is 12.4. The van der Waals surface area contributed by atoms with Crippen molar-refractivity contribution in [2.24, 2.45) is 0 Å². The highest BCUT2D eigenvalue weighted by molar-refractivity contribution is 5.88. The minimum Gasteiger partial charge on any atom is -0.464 e. The number of carbonyl (C=O) groups excluding carboxylic acids is 2. The molecule has 0 fully saturated rings. The van der Waals surface area contributed by atoms with Gasteiger partial charge >= 0.3 is 5.97 Å². The molecule has 2 atom stereocenters. The van der Waals surface area contributed by atoms with Gasteiger partial charge < -0.3 is 14.5 Å². The van der Waals surface area contributed by atoms with Gasteiger partial charge in [0.2, 0.25) is 0 Å². The Morgan fingerprint density at radius 3 is 2.50 bits per heavy atom. The van der Waals surface area contributed by atoms with Crippen LogP contribution in [0.3, 0.4) is 0 Å². The lowest BCUT2D eigenvalue weighted by molar-refractivity contribution is -0.154. The number of nitrogens with one attached hydrogen (secondary N) is 1. The third-order valence-electron chi connectivity index (χ3n) is 5.38. The summed E-state index contributed by atoms with van der Waals surface area (Å²) in [5.74, 6) is -0.733. The molecule has 0 aliphatic heterocycles. The summed E-state index contributed by atoms with van der Waals surface area (Å²) in [6, 6.07) is 14.1. The topological polar surface area (TPSA) is 68.5 Å². The number of hydrogen-bond donors (Lipinski definition) is 1. The zero-order chi connectivity index (χ0) is 21.7. The van der Waals surface area contributed by atoms with E-state index in [1.807, 2.05) is 51.1 Å². The Hall–Kier alpha value is -3.08. The standard InChI is InChI=1S/C25H29NO4/c1-16-12-22-21(15-29-23(22)13-17(16)2)14-24(27)30-19(4)25(28)26-18(3)10-11-20-8-6-5-7-9-20/h5-9,12-13,15,18-19H,10-11,14H2,1-4H3,(H,26,28)/t18-,19+/m0/s1. The van der Waals surface area contributed by atoms with Crippen molar-refractivity contribution in [2.75, 3.05) is 0 Å². The summed E-state index contributed by atoms with van der Waals surface area (Å²) in [6.07, 6.45) is 2.50. The van der Waals surface area contributed by atoms with Crippen LogP contribution in [0.2, 0.25) is 0 Å². The van der Waals surface area contributed by atoms with E-state index in [0.29, 0.717) is 0 Å². The highest BCUT2D eigenvalue weighted by Gasteiger charge is 2.21. The van der Waals surface area contributed by atoms with Gasteiger partial charge in [-0.1, -0.05) is 30.3 Å². The number of ether oxygens (including phenoxy) is 1. The molecule has 1 heterocycles. The molecule has 158 valence electrons. The summed E-state index contributed by atoms with van der Waals surface area (Å²) in [6.45, 7) is 7.59. The maximum Gasteiger partial charge on any atom is 0.311 e. The molecule has 0 aliphatic carbocycles. The van der Waals surface area contributed by atoms with Crippen LogP contribution in [0.5, 0.6) is 0 Å². The zero-order valence-corrected chi connectivity index (χ0v) is 18.0. The first-order valence-electron chi connectivity index (χ1n) is 10.3. The van der Waals surface area contributed by atoms with E-state index in [1.165, 1.54) is 5.56 Å². The summed E-state index contributed by atoms with van der Waals surface area (Å²) < 4.78 is 10.9. The van der Waals surface area contributed by atoms with Crippen LogP contribution in [0.4, 0.5) is 0 Å². The summed E-state index contributed by atoms with van der Waals surface area (Å²) in [5.41, 5.74) is 5.02. The van der Waals surface area contributed by atoms with Gasteiger partial charge in [-0.15, -0.1) is 0 Å². The van der Waals surface area contributed by atoms with Crippen LogP contribution in [0.1, 0.15) is 42.5 Å². The number of hydrogen-bond acceptors (Lipinski definition) is 4. The third-order valence-corrected chi connectivity index (χ3v) is 5.38. The van der Waals surface area contributed by atoms with Gasteiger partial charge in [0, 0.05) is 17.0 Å². The molecule has 0 saturated carbocycles. The Bertz CT molecular complexity index is 1020. The van der Waals surface area contributed by atoms with Crippen LogP contribution in [0, 0.1) is 13.8 Å².